The van der Waals surface area contributed by atoms with Crippen molar-refractivity contribution in [2.75, 3.05) is 0 Å². The van der Waals surface area contributed by atoms with E-state index in [-0.39, 0.29) is 0 Å². The van der Waals surface area contributed by atoms with Gasteiger partial charge in [0, 0.05) is 18.7 Å². The van der Waals surface area contributed by atoms with Crippen LogP contribution in [0.4, 0.5) is 0 Å². The molecule has 2 aromatic rings. The van der Waals surface area contributed by atoms with Crippen LogP contribution in [0.1, 0.15) is 37.9 Å². The van der Waals surface area contributed by atoms with E-state index in [9.17, 15) is 0 Å². The minimum atomic E-state index is 0.615. The Hall–Kier alpha value is -1.65. The number of H-pyrrole nitrogens is 1. The van der Waals surface area contributed by atoms with E-state index in [1.54, 1.807) is 6.20 Å². The van der Waals surface area contributed by atoms with E-state index in [0.717, 1.165) is 30.3 Å². The van der Waals surface area contributed by atoms with Crippen molar-refractivity contribution < 1.29 is 0 Å². The highest BCUT2D eigenvalue weighted by molar-refractivity contribution is 5.48. The van der Waals surface area contributed by atoms with Crippen molar-refractivity contribution >= 4 is 0 Å². The van der Waals surface area contributed by atoms with Gasteiger partial charge < -0.3 is 0 Å². The van der Waals surface area contributed by atoms with Gasteiger partial charge in [0.1, 0.15) is 11.5 Å². The summed E-state index contributed by atoms with van der Waals surface area (Å²) in [7, 11) is 0. The molecule has 0 spiro atoms. The fourth-order valence-corrected chi connectivity index (χ4v) is 1.84. The molecule has 0 amide bonds. The van der Waals surface area contributed by atoms with Crippen LogP contribution in [0.3, 0.4) is 0 Å². The van der Waals surface area contributed by atoms with Crippen LogP contribution in [0.5, 0.6) is 0 Å². The third-order valence-corrected chi connectivity index (χ3v) is 2.85. The zero-order chi connectivity index (χ0) is 11.0. The van der Waals surface area contributed by atoms with E-state index in [4.69, 9.17) is 0 Å². The minimum absolute atomic E-state index is 0.615. The van der Waals surface area contributed by atoms with Gasteiger partial charge in [-0.05, 0) is 25.3 Å². The van der Waals surface area contributed by atoms with E-state index in [1.165, 1.54) is 12.8 Å². The molecule has 1 saturated carbocycles. The Labute approximate surface area is 93.9 Å². The van der Waals surface area contributed by atoms with Gasteiger partial charge in [0.05, 0.1) is 0 Å². The summed E-state index contributed by atoms with van der Waals surface area (Å²) in [5.41, 5.74) is 1.00. The Balaban J connectivity index is 1.91. The maximum Gasteiger partial charge on any atom is 0.199 e. The Morgan fingerprint density at radius 3 is 3.12 bits per heavy atom. The Bertz CT molecular complexity index is 480. The van der Waals surface area contributed by atoms with Crippen LogP contribution in [-0.2, 0) is 6.54 Å². The number of rotatable bonds is 4. The molecule has 16 heavy (non-hydrogen) atoms. The van der Waals surface area contributed by atoms with Crippen LogP contribution in [0, 0.1) is 0 Å². The number of aromatic nitrogens is 5. The molecule has 1 aliphatic rings. The number of nitrogens with zero attached hydrogens (tertiary/aromatic N) is 4. The van der Waals surface area contributed by atoms with Gasteiger partial charge in [-0.3, -0.25) is 9.78 Å². The second-order valence-corrected chi connectivity index (χ2v) is 4.26. The zero-order valence-corrected chi connectivity index (χ0v) is 9.35. The summed E-state index contributed by atoms with van der Waals surface area (Å²) < 4.78 is 1.96. The first-order valence-electron chi connectivity index (χ1n) is 5.83. The van der Waals surface area contributed by atoms with Crippen LogP contribution in [0.2, 0.25) is 0 Å². The van der Waals surface area contributed by atoms with Gasteiger partial charge in [0.15, 0.2) is 5.82 Å². The predicted octanol–water partition coefficient (Wildman–Crippen LogP) is 1.96. The quantitative estimate of drug-likeness (QED) is 0.851. The van der Waals surface area contributed by atoms with Gasteiger partial charge in [-0.15, -0.1) is 0 Å². The van der Waals surface area contributed by atoms with Crippen LogP contribution in [-0.4, -0.2) is 25.0 Å². The average molecular weight is 217 g/mol. The van der Waals surface area contributed by atoms with Crippen molar-refractivity contribution in [1.29, 1.82) is 0 Å². The summed E-state index contributed by atoms with van der Waals surface area (Å²) in [6, 6.07) is 1.97. The zero-order valence-electron chi connectivity index (χ0n) is 9.35. The second-order valence-electron chi connectivity index (χ2n) is 4.26. The fourth-order valence-electron chi connectivity index (χ4n) is 1.84. The van der Waals surface area contributed by atoms with Crippen molar-refractivity contribution in [2.45, 2.75) is 38.6 Å². The SMILES string of the molecule is CCCn1nccc1-c1n[nH]c(C2CC2)n1. The summed E-state index contributed by atoms with van der Waals surface area (Å²) in [6.45, 7) is 3.05. The Morgan fingerprint density at radius 1 is 1.50 bits per heavy atom. The van der Waals surface area contributed by atoms with Crippen LogP contribution >= 0.6 is 0 Å². The first-order chi connectivity index (χ1) is 7.88. The van der Waals surface area contributed by atoms with Gasteiger partial charge in [-0.1, -0.05) is 6.92 Å². The topological polar surface area (TPSA) is 59.4 Å². The van der Waals surface area contributed by atoms with Crippen molar-refractivity contribution in [2.24, 2.45) is 0 Å². The molecule has 0 saturated heterocycles. The molecule has 0 radical (unpaired) electrons. The monoisotopic (exact) mass is 217 g/mol. The summed E-state index contributed by atoms with van der Waals surface area (Å²) in [5, 5.41) is 11.6. The van der Waals surface area contributed by atoms with Gasteiger partial charge in [-0.2, -0.15) is 10.2 Å². The molecule has 84 valence electrons. The second kappa shape index (κ2) is 3.73. The van der Waals surface area contributed by atoms with Gasteiger partial charge in [0.2, 0.25) is 0 Å². The number of hydrogen-bond donors (Lipinski definition) is 1. The summed E-state index contributed by atoms with van der Waals surface area (Å²) in [6.07, 6.45) is 5.35. The normalized spacial score (nSPS) is 15.6. The lowest BCUT2D eigenvalue weighted by Crippen LogP contribution is -2.01. The van der Waals surface area contributed by atoms with E-state index in [0.29, 0.717) is 5.92 Å². The summed E-state index contributed by atoms with van der Waals surface area (Å²) in [4.78, 5) is 4.53. The molecule has 0 aliphatic heterocycles. The van der Waals surface area contributed by atoms with Gasteiger partial charge in [-0.25, -0.2) is 4.98 Å². The highest BCUT2D eigenvalue weighted by Crippen LogP contribution is 2.38. The maximum absolute atomic E-state index is 4.53. The molecule has 2 heterocycles. The Kier molecular flexibility index (Phi) is 2.23. The molecule has 5 nitrogen and oxygen atoms in total. The molecule has 5 heteroatoms. The third-order valence-electron chi connectivity index (χ3n) is 2.85. The smallest absolute Gasteiger partial charge is 0.199 e. The number of hydrogen-bond acceptors (Lipinski definition) is 3. The van der Waals surface area contributed by atoms with E-state index >= 15 is 0 Å². The molecule has 0 unspecified atom stereocenters. The van der Waals surface area contributed by atoms with Gasteiger partial charge >= 0.3 is 0 Å². The molecule has 2 aromatic heterocycles. The highest BCUT2D eigenvalue weighted by Gasteiger charge is 2.27. The molecule has 1 N–H and O–H groups in total. The van der Waals surface area contributed by atoms with Crippen LogP contribution in [0.25, 0.3) is 11.5 Å². The minimum Gasteiger partial charge on any atom is -0.262 e. The molecular formula is C11H15N5. The van der Waals surface area contributed by atoms with Crippen molar-refractivity contribution in [3.63, 3.8) is 0 Å². The number of aromatic amines is 1. The molecular weight excluding hydrogens is 202 g/mol. The largest absolute Gasteiger partial charge is 0.262 e. The Morgan fingerprint density at radius 2 is 2.38 bits per heavy atom. The molecule has 1 fully saturated rings. The fraction of sp³-hybridized carbons (Fsp3) is 0.545. The lowest BCUT2D eigenvalue weighted by molar-refractivity contribution is 0.607. The standard InChI is InChI=1S/C11H15N5/c1-2-7-16-9(5-6-12-16)11-13-10(14-15-11)8-3-4-8/h5-6,8H,2-4,7H2,1H3,(H,13,14,15). The van der Waals surface area contributed by atoms with Crippen molar-refractivity contribution in [1.82, 2.24) is 25.0 Å². The average Bonchev–Trinajstić information content (AvgIpc) is 2.85. The molecule has 0 bridgehead atoms. The summed E-state index contributed by atoms with van der Waals surface area (Å²) in [5.74, 6) is 2.41. The molecule has 1 aliphatic carbocycles. The lowest BCUT2D eigenvalue weighted by Gasteiger charge is -2.01. The first kappa shape index (κ1) is 9.57. The van der Waals surface area contributed by atoms with Gasteiger partial charge in [0.25, 0.3) is 0 Å². The van der Waals surface area contributed by atoms with Crippen LogP contribution < -0.4 is 0 Å². The van der Waals surface area contributed by atoms with E-state index in [2.05, 4.69) is 27.2 Å². The van der Waals surface area contributed by atoms with Crippen molar-refractivity contribution in [3.05, 3.63) is 18.1 Å². The maximum atomic E-state index is 4.53. The predicted molar refractivity (Wildman–Crippen MR) is 59.9 cm³/mol. The van der Waals surface area contributed by atoms with E-state index < -0.39 is 0 Å². The first-order valence-corrected chi connectivity index (χ1v) is 5.83. The number of nitrogens with one attached hydrogen (secondary N) is 1. The molecule has 0 atom stereocenters. The van der Waals surface area contributed by atoms with E-state index in [1.807, 2.05) is 10.7 Å². The third kappa shape index (κ3) is 1.62. The summed E-state index contributed by atoms with van der Waals surface area (Å²) >= 11 is 0. The molecule has 0 aromatic carbocycles. The lowest BCUT2D eigenvalue weighted by atomic mass is 10.3. The van der Waals surface area contributed by atoms with Crippen LogP contribution in [0.15, 0.2) is 12.3 Å². The molecule has 3 rings (SSSR count). The number of aryl methyl sites for hydroxylation is 1. The van der Waals surface area contributed by atoms with Crippen molar-refractivity contribution in [3.8, 4) is 11.5 Å². The highest BCUT2D eigenvalue weighted by atomic mass is 15.3.